The predicted molar refractivity (Wildman–Crippen MR) is 137 cm³/mol. The van der Waals surface area contributed by atoms with Gasteiger partial charge in [-0.15, -0.1) is 11.3 Å². The maximum absolute atomic E-state index is 13.7. The minimum absolute atomic E-state index is 0.0977. The molecule has 0 aliphatic carbocycles. The van der Waals surface area contributed by atoms with Gasteiger partial charge in [0, 0.05) is 6.54 Å². The number of nitrogens with zero attached hydrogens (tertiary/aromatic N) is 2. The molecule has 0 saturated heterocycles. The number of carbonyl (C=O) groups is 2. The molecule has 0 fully saturated rings. The number of benzene rings is 2. The molecule has 0 saturated carbocycles. The molecule has 1 aromatic heterocycles. The first-order valence-electron chi connectivity index (χ1n) is 11.9. The standard InChI is InChI=1S/C28H30N2O4S/c1-4-5-16-34-22-13-9-12-21(17-22)24-23(25(31)27-18(2)29-19(3)35-27)26(32)28(33)30(24)15-14-20-10-7-6-8-11-20/h6-13,17,24,32H,4-5,14-16H2,1-3H3. The second kappa shape index (κ2) is 10.9. The normalized spacial score (nSPS) is 15.7. The molecule has 2 aromatic carbocycles. The van der Waals surface area contributed by atoms with Crippen LogP contribution in [0.2, 0.25) is 0 Å². The van der Waals surface area contributed by atoms with Gasteiger partial charge in [0.2, 0.25) is 5.78 Å². The van der Waals surface area contributed by atoms with Gasteiger partial charge in [0.05, 0.1) is 33.8 Å². The zero-order chi connectivity index (χ0) is 24.9. The lowest BCUT2D eigenvalue weighted by atomic mass is 9.94. The molecule has 182 valence electrons. The van der Waals surface area contributed by atoms with Gasteiger partial charge in [-0.25, -0.2) is 4.98 Å². The summed E-state index contributed by atoms with van der Waals surface area (Å²) in [7, 11) is 0. The first-order valence-corrected chi connectivity index (χ1v) is 12.7. The van der Waals surface area contributed by atoms with E-state index in [4.69, 9.17) is 4.74 Å². The Morgan fingerprint density at radius 1 is 1.14 bits per heavy atom. The van der Waals surface area contributed by atoms with Crippen LogP contribution in [0.1, 0.15) is 57.3 Å². The van der Waals surface area contributed by atoms with Crippen LogP contribution in [0.15, 0.2) is 65.9 Å². The van der Waals surface area contributed by atoms with Gasteiger partial charge in [-0.05, 0) is 49.9 Å². The van der Waals surface area contributed by atoms with Crippen molar-refractivity contribution in [2.24, 2.45) is 0 Å². The number of aryl methyl sites for hydroxylation is 2. The number of amides is 1. The van der Waals surface area contributed by atoms with Crippen LogP contribution in [0.3, 0.4) is 0 Å². The number of thiazole rings is 1. The molecular formula is C28H30N2O4S. The summed E-state index contributed by atoms with van der Waals surface area (Å²) < 4.78 is 5.89. The Kier molecular flexibility index (Phi) is 7.66. The van der Waals surface area contributed by atoms with Crippen LogP contribution in [-0.2, 0) is 11.2 Å². The molecule has 3 aromatic rings. The van der Waals surface area contributed by atoms with E-state index >= 15 is 0 Å². The Balaban J connectivity index is 1.72. The van der Waals surface area contributed by atoms with Crippen molar-refractivity contribution in [1.29, 1.82) is 0 Å². The molecule has 1 atom stereocenters. The van der Waals surface area contributed by atoms with Crippen LogP contribution in [-0.4, -0.2) is 39.8 Å². The molecule has 2 heterocycles. The van der Waals surface area contributed by atoms with Crippen LogP contribution >= 0.6 is 11.3 Å². The molecule has 1 aliphatic heterocycles. The van der Waals surface area contributed by atoms with Gasteiger partial charge >= 0.3 is 0 Å². The summed E-state index contributed by atoms with van der Waals surface area (Å²) in [6, 6.07) is 16.6. The molecule has 0 bridgehead atoms. The van der Waals surface area contributed by atoms with E-state index in [0.717, 1.165) is 29.0 Å². The minimum atomic E-state index is -0.713. The van der Waals surface area contributed by atoms with Crippen molar-refractivity contribution in [3.63, 3.8) is 0 Å². The number of ketones is 1. The Labute approximate surface area is 209 Å². The summed E-state index contributed by atoms with van der Waals surface area (Å²) in [5.74, 6) is -0.709. The maximum Gasteiger partial charge on any atom is 0.290 e. The van der Waals surface area contributed by atoms with Crippen LogP contribution in [0, 0.1) is 13.8 Å². The molecule has 7 heteroatoms. The van der Waals surface area contributed by atoms with Crippen LogP contribution < -0.4 is 4.74 Å². The van der Waals surface area contributed by atoms with Gasteiger partial charge in [0.25, 0.3) is 5.91 Å². The Hall–Kier alpha value is -3.45. The number of aliphatic hydroxyl groups is 1. The fourth-order valence-electron chi connectivity index (χ4n) is 4.33. The zero-order valence-corrected chi connectivity index (χ0v) is 21.1. The molecule has 0 radical (unpaired) electrons. The van der Waals surface area contributed by atoms with E-state index < -0.39 is 17.7 Å². The van der Waals surface area contributed by atoms with E-state index in [-0.39, 0.29) is 11.4 Å². The van der Waals surface area contributed by atoms with Gasteiger partial charge < -0.3 is 14.7 Å². The second-order valence-corrected chi connectivity index (χ2v) is 9.85. The summed E-state index contributed by atoms with van der Waals surface area (Å²) in [6.07, 6.45) is 2.56. The summed E-state index contributed by atoms with van der Waals surface area (Å²) in [4.78, 5) is 33.3. The van der Waals surface area contributed by atoms with Crippen LogP contribution in [0.25, 0.3) is 0 Å². The summed E-state index contributed by atoms with van der Waals surface area (Å²) in [5.41, 5.74) is 2.50. The van der Waals surface area contributed by atoms with E-state index in [9.17, 15) is 14.7 Å². The van der Waals surface area contributed by atoms with Crippen molar-refractivity contribution in [1.82, 2.24) is 9.88 Å². The van der Waals surface area contributed by atoms with E-state index in [1.54, 1.807) is 11.8 Å². The van der Waals surface area contributed by atoms with Crippen molar-refractivity contribution in [3.8, 4) is 5.75 Å². The van der Waals surface area contributed by atoms with Crippen molar-refractivity contribution >= 4 is 23.0 Å². The van der Waals surface area contributed by atoms with E-state index in [1.807, 2.05) is 61.5 Å². The van der Waals surface area contributed by atoms with Crippen LogP contribution in [0.4, 0.5) is 0 Å². The molecule has 1 N–H and O–H groups in total. The number of ether oxygens (including phenoxy) is 1. The number of unbranched alkanes of at least 4 members (excludes halogenated alkanes) is 1. The number of hydrogen-bond donors (Lipinski definition) is 1. The molecule has 1 aliphatic rings. The summed E-state index contributed by atoms with van der Waals surface area (Å²) >= 11 is 1.28. The van der Waals surface area contributed by atoms with Gasteiger partial charge in [0.1, 0.15) is 5.75 Å². The van der Waals surface area contributed by atoms with Gasteiger partial charge in [0.15, 0.2) is 5.76 Å². The average Bonchev–Trinajstić information content (AvgIpc) is 3.33. The highest BCUT2D eigenvalue weighted by Gasteiger charge is 2.44. The van der Waals surface area contributed by atoms with E-state index in [2.05, 4.69) is 11.9 Å². The molecule has 0 spiro atoms. The fourth-order valence-corrected chi connectivity index (χ4v) is 5.20. The molecular weight excluding hydrogens is 460 g/mol. The van der Waals surface area contributed by atoms with Crippen LogP contribution in [0.5, 0.6) is 5.75 Å². The third kappa shape index (κ3) is 5.30. The first-order chi connectivity index (χ1) is 16.9. The van der Waals surface area contributed by atoms with E-state index in [0.29, 0.717) is 35.9 Å². The molecule has 1 amide bonds. The number of aliphatic hydroxyl groups excluding tert-OH is 1. The largest absolute Gasteiger partial charge is 0.503 e. The smallest absolute Gasteiger partial charge is 0.290 e. The Morgan fingerprint density at radius 3 is 2.60 bits per heavy atom. The number of hydrogen-bond acceptors (Lipinski definition) is 6. The maximum atomic E-state index is 13.7. The van der Waals surface area contributed by atoms with Gasteiger partial charge in [-0.3, -0.25) is 9.59 Å². The summed E-state index contributed by atoms with van der Waals surface area (Å²) in [6.45, 7) is 6.66. The molecule has 4 rings (SSSR count). The SMILES string of the molecule is CCCCOc1cccc(C2C(C(=O)c3sc(C)nc3C)=C(O)C(=O)N2CCc2ccccc2)c1. The topological polar surface area (TPSA) is 79.7 Å². The monoisotopic (exact) mass is 490 g/mol. The third-order valence-electron chi connectivity index (χ3n) is 6.08. The van der Waals surface area contributed by atoms with Gasteiger partial charge in [-0.1, -0.05) is 55.8 Å². The third-order valence-corrected chi connectivity index (χ3v) is 7.15. The molecule has 35 heavy (non-hydrogen) atoms. The Bertz CT molecular complexity index is 1250. The van der Waals surface area contributed by atoms with Gasteiger partial charge in [-0.2, -0.15) is 0 Å². The van der Waals surface area contributed by atoms with Crippen molar-refractivity contribution in [3.05, 3.63) is 92.6 Å². The summed E-state index contributed by atoms with van der Waals surface area (Å²) in [5, 5.41) is 11.7. The lowest BCUT2D eigenvalue weighted by Crippen LogP contribution is -2.33. The van der Waals surface area contributed by atoms with Crippen molar-refractivity contribution < 1.29 is 19.4 Å². The number of Topliss-reactive ketones (excluding diaryl/α,β-unsaturated/α-hetero) is 1. The Morgan fingerprint density at radius 2 is 1.91 bits per heavy atom. The predicted octanol–water partition coefficient (Wildman–Crippen LogP) is 5.76. The average molecular weight is 491 g/mol. The zero-order valence-electron chi connectivity index (χ0n) is 20.3. The number of aromatic nitrogens is 1. The first kappa shape index (κ1) is 24.7. The minimum Gasteiger partial charge on any atom is -0.503 e. The highest BCUT2D eigenvalue weighted by atomic mass is 32.1. The highest BCUT2D eigenvalue weighted by molar-refractivity contribution is 7.14. The highest BCUT2D eigenvalue weighted by Crippen LogP contribution is 2.41. The fraction of sp³-hybridized carbons (Fsp3) is 0.321. The number of rotatable bonds is 10. The van der Waals surface area contributed by atoms with Crippen molar-refractivity contribution in [2.45, 2.75) is 46.1 Å². The molecule has 1 unspecified atom stereocenters. The lowest BCUT2D eigenvalue weighted by molar-refractivity contribution is -0.129. The second-order valence-electron chi connectivity index (χ2n) is 8.65. The lowest BCUT2D eigenvalue weighted by Gasteiger charge is -2.27. The number of carbonyl (C=O) groups excluding carboxylic acids is 2. The quantitative estimate of drug-likeness (QED) is 0.289. The molecule has 6 nitrogen and oxygen atoms in total. The van der Waals surface area contributed by atoms with Crippen molar-refractivity contribution in [2.75, 3.05) is 13.2 Å². The van der Waals surface area contributed by atoms with E-state index in [1.165, 1.54) is 11.3 Å².